The van der Waals surface area contributed by atoms with Crippen LogP contribution < -0.4 is 0 Å². The van der Waals surface area contributed by atoms with Gasteiger partial charge in [-0.2, -0.15) is 0 Å². The molecule has 128 valence electrons. The molecule has 1 amide bonds. The van der Waals surface area contributed by atoms with Gasteiger partial charge in [0.1, 0.15) is 11.8 Å². The Morgan fingerprint density at radius 1 is 1.32 bits per heavy atom. The van der Waals surface area contributed by atoms with Gasteiger partial charge >= 0.3 is 6.09 Å². The highest BCUT2D eigenvalue weighted by Gasteiger charge is 2.35. The molecule has 0 spiro atoms. The summed E-state index contributed by atoms with van der Waals surface area (Å²) in [6, 6.07) is 0. The summed E-state index contributed by atoms with van der Waals surface area (Å²) in [6.45, 7) is 11.1. The first-order valence-corrected chi connectivity index (χ1v) is 8.61. The van der Waals surface area contributed by atoms with Gasteiger partial charge in [-0.1, -0.05) is 18.6 Å². The van der Waals surface area contributed by atoms with E-state index < -0.39 is 5.60 Å². The Kier molecular flexibility index (Phi) is 7.94. The third-order valence-electron chi connectivity index (χ3n) is 3.84. The summed E-state index contributed by atoms with van der Waals surface area (Å²) in [6.07, 6.45) is 9.22. The van der Waals surface area contributed by atoms with Gasteiger partial charge in [0.05, 0.1) is 0 Å². The topological polar surface area (TPSA) is 38.8 Å². The normalized spacial score (nSPS) is 23.6. The number of ether oxygens (including phenoxy) is 2. The smallest absolute Gasteiger partial charge is 0.412 e. The van der Waals surface area contributed by atoms with Gasteiger partial charge in [0, 0.05) is 19.1 Å². The summed E-state index contributed by atoms with van der Waals surface area (Å²) in [5.41, 5.74) is -0.472. The maximum atomic E-state index is 12.5. The summed E-state index contributed by atoms with van der Waals surface area (Å²) in [5, 5.41) is 0. The van der Waals surface area contributed by atoms with E-state index in [1.807, 2.05) is 39.5 Å². The highest BCUT2D eigenvalue weighted by Crippen LogP contribution is 2.29. The molecule has 22 heavy (non-hydrogen) atoms. The maximum Gasteiger partial charge on any atom is 0.412 e. The zero-order valence-electron chi connectivity index (χ0n) is 14.9. The van der Waals surface area contributed by atoms with Crippen LogP contribution in [0.2, 0.25) is 0 Å². The molecule has 1 heterocycles. The number of nitrogens with zero attached hydrogens (tertiary/aromatic N) is 1. The van der Waals surface area contributed by atoms with Gasteiger partial charge in [0.15, 0.2) is 0 Å². The fourth-order valence-corrected chi connectivity index (χ4v) is 2.89. The van der Waals surface area contributed by atoms with E-state index in [0.29, 0.717) is 12.5 Å². The average Bonchev–Trinajstić information content (AvgIpc) is 2.61. The minimum atomic E-state index is -0.472. The first-order chi connectivity index (χ1) is 10.4. The minimum Gasteiger partial charge on any atom is -0.444 e. The SMILES string of the molecule is CC=CCCC1CCCCN(C(=O)OC(C)(C)C)C1OCC. The van der Waals surface area contributed by atoms with Gasteiger partial charge in [-0.05, 0) is 60.3 Å². The monoisotopic (exact) mass is 311 g/mol. The first kappa shape index (κ1) is 19.0. The molecule has 1 aliphatic heterocycles. The van der Waals surface area contributed by atoms with Crippen LogP contribution in [0.1, 0.15) is 66.7 Å². The van der Waals surface area contributed by atoms with Crippen LogP contribution in [0.3, 0.4) is 0 Å². The number of hydrogen-bond acceptors (Lipinski definition) is 3. The van der Waals surface area contributed by atoms with E-state index in [0.717, 1.165) is 38.6 Å². The van der Waals surface area contributed by atoms with Crippen LogP contribution in [0.4, 0.5) is 4.79 Å². The van der Waals surface area contributed by atoms with Crippen molar-refractivity contribution in [2.24, 2.45) is 5.92 Å². The van der Waals surface area contributed by atoms with Gasteiger partial charge in [-0.25, -0.2) is 4.79 Å². The molecule has 2 atom stereocenters. The number of allylic oxidation sites excluding steroid dienone is 2. The lowest BCUT2D eigenvalue weighted by Crippen LogP contribution is -2.47. The molecule has 0 saturated carbocycles. The zero-order chi connectivity index (χ0) is 16.6. The Balaban J connectivity index is 2.83. The van der Waals surface area contributed by atoms with Crippen LogP contribution in [0.5, 0.6) is 0 Å². The molecule has 0 aromatic carbocycles. The lowest BCUT2D eigenvalue weighted by atomic mass is 9.95. The van der Waals surface area contributed by atoms with Gasteiger partial charge in [0.2, 0.25) is 0 Å². The average molecular weight is 311 g/mol. The molecule has 2 unspecified atom stereocenters. The zero-order valence-corrected chi connectivity index (χ0v) is 14.9. The van der Waals surface area contributed by atoms with Crippen molar-refractivity contribution in [2.75, 3.05) is 13.2 Å². The molecule has 0 bridgehead atoms. The summed E-state index contributed by atoms with van der Waals surface area (Å²) in [5.74, 6) is 0.381. The van der Waals surface area contributed by atoms with E-state index in [-0.39, 0.29) is 12.3 Å². The van der Waals surface area contributed by atoms with Crippen LogP contribution in [-0.4, -0.2) is 36.0 Å². The molecule has 0 radical (unpaired) electrons. The van der Waals surface area contributed by atoms with Crippen molar-refractivity contribution in [3.8, 4) is 0 Å². The molecule has 1 fully saturated rings. The number of carbonyl (C=O) groups is 1. The Morgan fingerprint density at radius 3 is 2.64 bits per heavy atom. The lowest BCUT2D eigenvalue weighted by molar-refractivity contribution is -0.0886. The van der Waals surface area contributed by atoms with Crippen molar-refractivity contribution in [1.82, 2.24) is 4.90 Å². The third-order valence-corrected chi connectivity index (χ3v) is 3.84. The second kappa shape index (κ2) is 9.19. The van der Waals surface area contributed by atoms with Crippen LogP contribution >= 0.6 is 0 Å². The summed E-state index contributed by atoms with van der Waals surface area (Å²) >= 11 is 0. The highest BCUT2D eigenvalue weighted by atomic mass is 16.6. The second-order valence-electron chi connectivity index (χ2n) is 6.92. The molecule has 1 aliphatic rings. The van der Waals surface area contributed by atoms with Gasteiger partial charge in [0.25, 0.3) is 0 Å². The number of likely N-dealkylation sites (tertiary alicyclic amines) is 1. The Bertz CT molecular complexity index is 360. The first-order valence-electron chi connectivity index (χ1n) is 8.61. The van der Waals surface area contributed by atoms with Gasteiger partial charge in [-0.15, -0.1) is 0 Å². The molecular formula is C18H33NO3. The summed E-state index contributed by atoms with van der Waals surface area (Å²) in [4.78, 5) is 14.3. The maximum absolute atomic E-state index is 12.5. The van der Waals surface area contributed by atoms with Crippen LogP contribution in [0.15, 0.2) is 12.2 Å². The fourth-order valence-electron chi connectivity index (χ4n) is 2.89. The van der Waals surface area contributed by atoms with Crippen LogP contribution in [-0.2, 0) is 9.47 Å². The predicted molar refractivity (Wildman–Crippen MR) is 89.7 cm³/mol. The standard InChI is InChI=1S/C18H33NO3/c1-6-8-9-12-15-13-10-11-14-19(16(15)21-7-2)17(20)22-18(3,4)5/h6,8,15-16H,7,9-14H2,1-5H3. The quantitative estimate of drug-likeness (QED) is 0.688. The van der Waals surface area contributed by atoms with Gasteiger partial charge < -0.3 is 9.47 Å². The minimum absolute atomic E-state index is 0.160. The molecule has 1 rings (SSSR count). The number of hydrogen-bond donors (Lipinski definition) is 0. The fraction of sp³-hybridized carbons (Fsp3) is 0.833. The Labute approximate surface area is 135 Å². The third kappa shape index (κ3) is 6.39. The van der Waals surface area contributed by atoms with E-state index in [9.17, 15) is 4.79 Å². The van der Waals surface area contributed by atoms with Crippen molar-refractivity contribution < 1.29 is 14.3 Å². The summed E-state index contributed by atoms with van der Waals surface area (Å²) < 4.78 is 11.5. The van der Waals surface area contributed by atoms with Crippen molar-refractivity contribution in [1.29, 1.82) is 0 Å². The van der Waals surface area contributed by atoms with E-state index in [4.69, 9.17) is 9.47 Å². The van der Waals surface area contributed by atoms with E-state index >= 15 is 0 Å². The van der Waals surface area contributed by atoms with Crippen molar-refractivity contribution in [3.05, 3.63) is 12.2 Å². The van der Waals surface area contributed by atoms with Gasteiger partial charge in [-0.3, -0.25) is 4.90 Å². The largest absolute Gasteiger partial charge is 0.444 e. The van der Waals surface area contributed by atoms with E-state index in [1.54, 1.807) is 0 Å². The van der Waals surface area contributed by atoms with Crippen molar-refractivity contribution in [2.45, 2.75) is 78.6 Å². The lowest BCUT2D eigenvalue weighted by Gasteiger charge is -2.35. The van der Waals surface area contributed by atoms with Crippen LogP contribution in [0, 0.1) is 5.92 Å². The van der Waals surface area contributed by atoms with Crippen LogP contribution in [0.25, 0.3) is 0 Å². The van der Waals surface area contributed by atoms with Crippen molar-refractivity contribution >= 4 is 6.09 Å². The Hall–Kier alpha value is -1.03. The van der Waals surface area contributed by atoms with E-state index in [1.165, 1.54) is 0 Å². The molecule has 4 heteroatoms. The second-order valence-corrected chi connectivity index (χ2v) is 6.92. The molecule has 0 N–H and O–H groups in total. The highest BCUT2D eigenvalue weighted by molar-refractivity contribution is 5.68. The molecule has 4 nitrogen and oxygen atoms in total. The molecule has 0 aliphatic carbocycles. The molecular weight excluding hydrogens is 278 g/mol. The predicted octanol–water partition coefficient (Wildman–Crippen LogP) is 4.74. The number of rotatable bonds is 5. The number of amides is 1. The number of carbonyl (C=O) groups excluding carboxylic acids is 1. The molecule has 1 saturated heterocycles. The Morgan fingerprint density at radius 2 is 2.05 bits per heavy atom. The van der Waals surface area contributed by atoms with E-state index in [2.05, 4.69) is 12.2 Å². The molecule has 0 aromatic rings. The summed E-state index contributed by atoms with van der Waals surface area (Å²) in [7, 11) is 0. The molecule has 0 aromatic heterocycles. The van der Waals surface area contributed by atoms with Crippen molar-refractivity contribution in [3.63, 3.8) is 0 Å².